The second-order valence-corrected chi connectivity index (χ2v) is 33.7. The summed E-state index contributed by atoms with van der Waals surface area (Å²) in [5.41, 5.74) is 43.9. The third kappa shape index (κ3) is 9.29. The average molecular weight is 1560 g/mol. The SMILES string of the molecule is c1ccc(-c2ccccc2B2c3cc4c(cc3N3c5ccccc5Oc5cccc2c53)B(c2ccccc2-c2ccccc2)c2cccc3c2n-4c2nc4ccc(-c5ccc6c(c5)B(c5ccccc5-c5ccccc5)c5cccc7c5n-6c5nc6cc8c(cc6n75)B(c5ccccc5-c5ccccc5)c5cccc6c7ccccc7n-8c56)cc4n32)cc1. The molecule has 0 amide bonds. The van der Waals surface area contributed by atoms with E-state index < -0.39 is 0 Å². The van der Waals surface area contributed by atoms with Crippen LogP contribution in [0.25, 0.3) is 150 Å². The van der Waals surface area contributed by atoms with E-state index in [2.05, 4.69) is 428 Å². The molecule has 0 unspecified atom stereocenters. The Hall–Kier alpha value is -15.8. The minimum Gasteiger partial charge on any atom is -0.453 e. The number of hydrogen-bond acceptors (Lipinski definition) is 4. The summed E-state index contributed by atoms with van der Waals surface area (Å²) in [4.78, 5) is 14.3. The van der Waals surface area contributed by atoms with E-state index in [-0.39, 0.29) is 26.9 Å². The Labute approximate surface area is 708 Å². The minimum atomic E-state index is -0.207. The molecule has 0 saturated heterocycles. The van der Waals surface area contributed by atoms with Crippen LogP contribution >= 0.6 is 0 Å². The molecule has 18 aromatic carbocycles. The summed E-state index contributed by atoms with van der Waals surface area (Å²) in [6.07, 6.45) is 0. The summed E-state index contributed by atoms with van der Waals surface area (Å²) in [5, 5.41) is 2.50. The largest absolute Gasteiger partial charge is 0.453 e. The van der Waals surface area contributed by atoms with Gasteiger partial charge >= 0.3 is 0 Å². The van der Waals surface area contributed by atoms with Crippen LogP contribution in [-0.2, 0) is 0 Å². The van der Waals surface area contributed by atoms with E-state index in [1.807, 2.05) is 0 Å². The predicted molar refractivity (Wildman–Crippen MR) is 513 cm³/mol. The van der Waals surface area contributed by atoms with E-state index in [4.69, 9.17) is 14.7 Å². The Kier molecular flexibility index (Phi) is 13.8. The van der Waals surface area contributed by atoms with Crippen molar-refractivity contribution in [1.29, 1.82) is 0 Å². The van der Waals surface area contributed by atoms with Crippen LogP contribution in [-0.4, -0.2) is 59.3 Å². The molecule has 9 nitrogen and oxygen atoms in total. The van der Waals surface area contributed by atoms with Gasteiger partial charge in [0, 0.05) is 39.0 Å². The topological polar surface area (TPSA) is 61.9 Å². The number of ether oxygens (including phenoxy) is 1. The number of benzene rings is 18. The molecule has 0 spiro atoms. The molecule has 0 bridgehead atoms. The van der Waals surface area contributed by atoms with Crippen molar-refractivity contribution in [3.8, 4) is 84.2 Å². The zero-order valence-corrected chi connectivity index (χ0v) is 66.4. The van der Waals surface area contributed by atoms with Crippen LogP contribution in [0.1, 0.15) is 0 Å². The van der Waals surface area contributed by atoms with Gasteiger partial charge in [0.2, 0.25) is 38.4 Å². The van der Waals surface area contributed by atoms with Gasteiger partial charge in [0.15, 0.2) is 11.5 Å². The molecule has 0 radical (unpaired) electrons. The molecule has 13 heteroatoms. The fourth-order valence-corrected chi connectivity index (χ4v) is 22.6. The standard InChI is InChI=1S/C110H66B4N8O/c1-5-29-67(30-6-1)73-37-13-18-43-79(73)111-83-47-25-42-78-77-41-17-22-51-93(77)117(105(78)83)100-66-92-102(65-90(100)111)120-96-53-26-48-84-106(96)121(110(120)116-92)94-60-58-71(61-87(94)112(84)80-44-19-14-38-74(80)68-31-7-2-8-32-68)72-57-59-91-101(62-72)119-97-54-27-49-85-107(97)122(109(119)115-91)99-64-88-98(63-89(99)113(85)81-45-20-15-39-75(81)69-33-9-3-10-34-69)118-95-52-23-24-55-103(95)123-104-56-28-50-86(108(104)118)114(88)82-46-21-16-40-76(82)70-35-11-4-12-36-70/h1-66H. The average Bonchev–Trinajstić information content (AvgIpc) is 1.61. The summed E-state index contributed by atoms with van der Waals surface area (Å²) in [7, 11) is 0. The summed E-state index contributed by atoms with van der Waals surface area (Å²) in [6.45, 7) is -0.691. The number of aromatic nitrogens is 7. The maximum Gasteiger partial charge on any atom is 0.247 e. The zero-order valence-electron chi connectivity index (χ0n) is 66.4. The highest BCUT2D eigenvalue weighted by Crippen LogP contribution is 2.52. The lowest BCUT2D eigenvalue weighted by molar-refractivity contribution is 0.477. The van der Waals surface area contributed by atoms with Crippen molar-refractivity contribution in [2.24, 2.45) is 0 Å². The second kappa shape index (κ2) is 25.4. The molecule has 123 heavy (non-hydrogen) atoms. The van der Waals surface area contributed by atoms with E-state index in [1.165, 1.54) is 132 Å². The van der Waals surface area contributed by atoms with Crippen molar-refractivity contribution >= 4 is 187 Å². The lowest BCUT2D eigenvalue weighted by atomic mass is 9.32. The first-order valence-electron chi connectivity index (χ1n) is 42.7. The second-order valence-electron chi connectivity index (χ2n) is 33.7. The molecule has 28 rings (SSSR count). The number of imidazole rings is 4. The maximum atomic E-state index is 7.00. The molecule has 564 valence electrons. The minimum absolute atomic E-state index is 0.0978. The smallest absolute Gasteiger partial charge is 0.247 e. The van der Waals surface area contributed by atoms with Crippen molar-refractivity contribution in [3.05, 3.63) is 400 Å². The van der Waals surface area contributed by atoms with Crippen LogP contribution in [0.4, 0.5) is 17.1 Å². The van der Waals surface area contributed by atoms with Gasteiger partial charge in [-0.05, 0) is 178 Å². The Morgan fingerprint density at radius 1 is 0.211 bits per heavy atom. The van der Waals surface area contributed by atoms with Crippen molar-refractivity contribution in [1.82, 2.24) is 32.5 Å². The van der Waals surface area contributed by atoms with E-state index in [9.17, 15) is 0 Å². The zero-order chi connectivity index (χ0) is 80.0. The number of para-hydroxylation sites is 7. The van der Waals surface area contributed by atoms with Gasteiger partial charge in [0.05, 0.1) is 61.0 Å². The summed E-state index contributed by atoms with van der Waals surface area (Å²) in [5.74, 6) is 3.39. The number of rotatable bonds is 9. The number of hydrogen-bond donors (Lipinski definition) is 0. The summed E-state index contributed by atoms with van der Waals surface area (Å²) >= 11 is 0. The van der Waals surface area contributed by atoms with E-state index in [1.54, 1.807) is 0 Å². The normalized spacial score (nSPS) is 13.2. The number of nitrogens with zero attached hydrogens (tertiary/aromatic N) is 8. The van der Waals surface area contributed by atoms with Gasteiger partial charge in [-0.25, -0.2) is 9.97 Å². The molecule has 10 heterocycles. The van der Waals surface area contributed by atoms with Gasteiger partial charge in [0.1, 0.15) is 0 Å². The van der Waals surface area contributed by atoms with Gasteiger partial charge in [-0.15, -0.1) is 0 Å². The van der Waals surface area contributed by atoms with E-state index in [0.717, 1.165) is 112 Å². The highest BCUT2D eigenvalue weighted by Gasteiger charge is 2.46. The molecule has 5 aliphatic rings. The number of fused-ring (bicyclic) bond motifs is 23. The van der Waals surface area contributed by atoms with Crippen LogP contribution in [0, 0.1) is 0 Å². The summed E-state index contributed by atoms with van der Waals surface area (Å²) in [6, 6.07) is 149. The molecule has 0 N–H and O–H groups in total. The molecule has 23 aromatic rings. The van der Waals surface area contributed by atoms with Gasteiger partial charge < -0.3 is 14.2 Å². The van der Waals surface area contributed by atoms with Crippen LogP contribution in [0.15, 0.2) is 400 Å². The third-order valence-electron chi connectivity index (χ3n) is 27.6. The monoisotopic (exact) mass is 1560 g/mol. The molecular formula is C110H66B4N8O. The summed E-state index contributed by atoms with van der Waals surface area (Å²) < 4.78 is 19.5. The molecule has 5 aromatic heterocycles. The van der Waals surface area contributed by atoms with Crippen molar-refractivity contribution in [2.45, 2.75) is 0 Å². The first-order valence-corrected chi connectivity index (χ1v) is 42.7. The molecule has 5 aliphatic heterocycles. The molecule has 0 atom stereocenters. The number of anilines is 3. The van der Waals surface area contributed by atoms with Crippen molar-refractivity contribution in [2.75, 3.05) is 4.90 Å². The quantitative estimate of drug-likeness (QED) is 0.135. The first kappa shape index (κ1) is 67.1. The Balaban J connectivity index is 0.669. The molecular weight excluding hydrogens is 1490 g/mol. The van der Waals surface area contributed by atoms with Crippen molar-refractivity contribution in [3.63, 3.8) is 0 Å². The molecule has 0 fully saturated rings. The van der Waals surface area contributed by atoms with Gasteiger partial charge in [-0.3, -0.25) is 17.9 Å². The fourth-order valence-electron chi connectivity index (χ4n) is 22.6. The first-order chi connectivity index (χ1) is 61.1. The Bertz CT molecular complexity index is 8540. The van der Waals surface area contributed by atoms with Gasteiger partial charge in [-0.2, -0.15) is 0 Å². The Morgan fingerprint density at radius 2 is 0.610 bits per heavy atom. The molecule has 0 aliphatic carbocycles. The van der Waals surface area contributed by atoms with Gasteiger partial charge in [-0.1, -0.05) is 343 Å². The third-order valence-corrected chi connectivity index (χ3v) is 27.6. The maximum absolute atomic E-state index is 7.00. The van der Waals surface area contributed by atoms with Gasteiger partial charge in [0.25, 0.3) is 0 Å². The van der Waals surface area contributed by atoms with Crippen LogP contribution in [0.3, 0.4) is 0 Å². The Morgan fingerprint density at radius 3 is 1.21 bits per heavy atom. The van der Waals surface area contributed by atoms with Crippen molar-refractivity contribution < 1.29 is 4.74 Å². The fraction of sp³-hybridized carbons (Fsp3) is 0. The van der Waals surface area contributed by atoms with Crippen LogP contribution in [0.5, 0.6) is 11.5 Å². The highest BCUT2D eigenvalue weighted by molar-refractivity contribution is 7.02. The van der Waals surface area contributed by atoms with E-state index in [0.29, 0.717) is 0 Å². The predicted octanol–water partition coefficient (Wildman–Crippen LogP) is 17.5. The van der Waals surface area contributed by atoms with Crippen LogP contribution < -0.4 is 75.2 Å². The van der Waals surface area contributed by atoms with E-state index >= 15 is 0 Å². The van der Waals surface area contributed by atoms with Crippen LogP contribution in [0.2, 0.25) is 0 Å². The highest BCUT2D eigenvalue weighted by atomic mass is 16.5. The molecule has 0 saturated carbocycles. The lowest BCUT2D eigenvalue weighted by Gasteiger charge is -2.42. The lowest BCUT2D eigenvalue weighted by Crippen LogP contribution is -2.61.